The zero-order valence-corrected chi connectivity index (χ0v) is 23.3. The Labute approximate surface area is 221 Å². The first kappa shape index (κ1) is 26.0. The number of fused-ring (bicyclic) bond motifs is 1. The van der Waals surface area contributed by atoms with Gasteiger partial charge in [-0.2, -0.15) is 5.10 Å². The van der Waals surface area contributed by atoms with Crippen LogP contribution >= 0.6 is 0 Å². The molecular formula is C26H32FN7O3Si. The molecule has 0 spiro atoms. The van der Waals surface area contributed by atoms with Crippen LogP contribution in [0.3, 0.4) is 0 Å². The number of rotatable bonds is 9. The van der Waals surface area contributed by atoms with Crippen molar-refractivity contribution in [3.05, 3.63) is 48.8 Å². The molecule has 1 aliphatic heterocycles. The monoisotopic (exact) mass is 537 g/mol. The highest BCUT2D eigenvalue weighted by Crippen LogP contribution is 2.31. The lowest BCUT2D eigenvalue weighted by Gasteiger charge is -2.23. The van der Waals surface area contributed by atoms with Gasteiger partial charge in [-0.25, -0.2) is 28.4 Å². The van der Waals surface area contributed by atoms with Gasteiger partial charge in [0.2, 0.25) is 0 Å². The summed E-state index contributed by atoms with van der Waals surface area (Å²) in [6, 6.07) is 7.49. The first-order chi connectivity index (χ1) is 18.1. The molecule has 10 nitrogen and oxygen atoms in total. The third-order valence-electron chi connectivity index (χ3n) is 6.55. The maximum Gasteiger partial charge on any atom is 0.415 e. The summed E-state index contributed by atoms with van der Waals surface area (Å²) in [5.41, 5.74) is 1.84. The minimum absolute atomic E-state index is 0.127. The van der Waals surface area contributed by atoms with Crippen molar-refractivity contribution < 1.29 is 18.7 Å². The van der Waals surface area contributed by atoms with Gasteiger partial charge < -0.3 is 9.47 Å². The molecule has 12 heteroatoms. The number of benzene rings is 1. The van der Waals surface area contributed by atoms with Crippen LogP contribution < -0.4 is 4.90 Å². The van der Waals surface area contributed by atoms with Crippen LogP contribution in [0.2, 0.25) is 25.7 Å². The van der Waals surface area contributed by atoms with E-state index in [1.165, 1.54) is 6.07 Å². The van der Waals surface area contributed by atoms with Gasteiger partial charge in [-0.15, -0.1) is 5.10 Å². The van der Waals surface area contributed by atoms with Crippen LogP contribution in [0.4, 0.5) is 15.0 Å². The van der Waals surface area contributed by atoms with Crippen molar-refractivity contribution in [2.45, 2.75) is 52.3 Å². The molecule has 1 saturated heterocycles. The van der Waals surface area contributed by atoms with E-state index >= 15 is 4.39 Å². The Morgan fingerprint density at radius 2 is 2.03 bits per heavy atom. The number of hydrogen-bond acceptors (Lipinski definition) is 7. The summed E-state index contributed by atoms with van der Waals surface area (Å²) in [6.07, 6.45) is 4.42. The molecule has 0 N–H and O–H groups in total. The second-order valence-corrected chi connectivity index (χ2v) is 16.6. The molecule has 3 aromatic heterocycles. The van der Waals surface area contributed by atoms with Crippen molar-refractivity contribution in [3.63, 3.8) is 0 Å². The fourth-order valence-corrected chi connectivity index (χ4v) is 5.03. The van der Waals surface area contributed by atoms with Crippen LogP contribution in [-0.2, 0) is 16.2 Å². The summed E-state index contributed by atoms with van der Waals surface area (Å²) in [5, 5.41) is 8.75. The number of hydrogen-bond donors (Lipinski definition) is 0. The summed E-state index contributed by atoms with van der Waals surface area (Å²) in [5.74, 6) is 0.590. The topological polar surface area (TPSA) is 99.7 Å². The minimum Gasteiger partial charge on any atom is -0.447 e. The molecule has 0 saturated carbocycles. The van der Waals surface area contributed by atoms with E-state index in [1.807, 2.05) is 13.8 Å². The molecule has 1 fully saturated rings. The third-order valence-corrected chi connectivity index (χ3v) is 8.25. The number of nitrogens with zero attached hydrogens (tertiary/aromatic N) is 7. The molecule has 4 aromatic rings. The Balaban J connectivity index is 1.37. The fraction of sp³-hybridized carbons (Fsp3) is 0.423. The van der Waals surface area contributed by atoms with Crippen LogP contribution in [0.1, 0.15) is 13.8 Å². The molecule has 0 unspecified atom stereocenters. The number of halogens is 1. The zero-order valence-electron chi connectivity index (χ0n) is 22.3. The van der Waals surface area contributed by atoms with E-state index in [2.05, 4.69) is 39.8 Å². The lowest BCUT2D eigenvalue weighted by Crippen LogP contribution is -2.37. The summed E-state index contributed by atoms with van der Waals surface area (Å²) >= 11 is 0. The summed E-state index contributed by atoms with van der Waals surface area (Å²) in [4.78, 5) is 23.0. The van der Waals surface area contributed by atoms with Gasteiger partial charge in [0.15, 0.2) is 11.5 Å². The normalized spacial score (nSPS) is 16.1. The van der Waals surface area contributed by atoms with Gasteiger partial charge in [0.1, 0.15) is 31.3 Å². The highest BCUT2D eigenvalue weighted by molar-refractivity contribution is 6.76. The number of carbonyl (C=O) groups is 1. The number of carbonyl (C=O) groups excluding carboxylic acids is 1. The Morgan fingerprint density at radius 1 is 1.21 bits per heavy atom. The second-order valence-electron chi connectivity index (χ2n) is 11.0. The molecule has 200 valence electrons. The molecular weight excluding hydrogens is 505 g/mol. The molecule has 1 amide bonds. The van der Waals surface area contributed by atoms with Crippen molar-refractivity contribution in [2.24, 2.45) is 5.92 Å². The van der Waals surface area contributed by atoms with Crippen molar-refractivity contribution in [3.8, 4) is 22.5 Å². The molecule has 1 aromatic carbocycles. The fourth-order valence-electron chi connectivity index (χ4n) is 4.27. The Hall–Kier alpha value is -3.64. The van der Waals surface area contributed by atoms with E-state index in [0.717, 1.165) is 6.04 Å². The van der Waals surface area contributed by atoms with E-state index < -0.39 is 20.0 Å². The average Bonchev–Trinajstić information content (AvgIpc) is 3.59. The first-order valence-corrected chi connectivity index (χ1v) is 16.4. The first-order valence-electron chi connectivity index (χ1n) is 12.7. The predicted octanol–water partition coefficient (Wildman–Crippen LogP) is 5.09. The molecule has 5 rings (SSSR count). The quantitative estimate of drug-likeness (QED) is 0.217. The van der Waals surface area contributed by atoms with E-state index in [4.69, 9.17) is 9.47 Å². The number of amides is 1. The summed E-state index contributed by atoms with van der Waals surface area (Å²) in [6.45, 7) is 12.2. The van der Waals surface area contributed by atoms with Crippen molar-refractivity contribution in [1.29, 1.82) is 0 Å². The van der Waals surface area contributed by atoms with Gasteiger partial charge in [-0.1, -0.05) is 45.6 Å². The Bertz CT molecular complexity index is 1460. The number of anilines is 1. The summed E-state index contributed by atoms with van der Waals surface area (Å²) in [7, 11) is -1.16. The molecule has 0 aliphatic carbocycles. The number of cyclic esters (lactones) is 1. The third kappa shape index (κ3) is 5.32. The van der Waals surface area contributed by atoms with Gasteiger partial charge in [0, 0.05) is 37.6 Å². The lowest BCUT2D eigenvalue weighted by atomic mass is 10.0. The standard InChI is InChI=1S/C26H32FN7O3Si/c1-17(2)22-14-37-26(35)34(22)23-8-9-33-25(30-23)20(13-29-33)19-7-6-18(12-21(19)27)24-28-15-32(31-24)16-36-10-11-38(3,4)5/h6-9,12-13,15,17,22H,10-11,14,16H2,1-5H3/t22-/m1/s1. The van der Waals surface area contributed by atoms with E-state index in [-0.39, 0.29) is 12.0 Å². The molecule has 4 heterocycles. The van der Waals surface area contributed by atoms with Crippen molar-refractivity contribution in [2.75, 3.05) is 18.1 Å². The minimum atomic E-state index is -1.16. The molecule has 1 atom stereocenters. The molecule has 1 aliphatic rings. The predicted molar refractivity (Wildman–Crippen MR) is 144 cm³/mol. The highest BCUT2D eigenvalue weighted by Gasteiger charge is 2.37. The molecule has 0 bridgehead atoms. The van der Waals surface area contributed by atoms with Crippen LogP contribution in [0.25, 0.3) is 28.2 Å². The Kier molecular flexibility index (Phi) is 7.01. The van der Waals surface area contributed by atoms with Crippen molar-refractivity contribution in [1.82, 2.24) is 29.4 Å². The maximum atomic E-state index is 15.4. The van der Waals surface area contributed by atoms with Crippen LogP contribution in [-0.4, -0.2) is 62.8 Å². The van der Waals surface area contributed by atoms with Gasteiger partial charge >= 0.3 is 6.09 Å². The lowest BCUT2D eigenvalue weighted by molar-refractivity contribution is 0.0785. The second kappa shape index (κ2) is 10.3. The van der Waals surface area contributed by atoms with Gasteiger partial charge in [-0.05, 0) is 24.1 Å². The van der Waals surface area contributed by atoms with Gasteiger partial charge in [-0.3, -0.25) is 4.90 Å². The molecule has 38 heavy (non-hydrogen) atoms. The summed E-state index contributed by atoms with van der Waals surface area (Å²) < 4.78 is 29.5. The van der Waals surface area contributed by atoms with E-state index in [1.54, 1.807) is 51.0 Å². The average molecular weight is 538 g/mol. The maximum absolute atomic E-state index is 15.4. The van der Waals surface area contributed by atoms with Gasteiger partial charge in [0.05, 0.1) is 12.2 Å². The van der Waals surface area contributed by atoms with E-state index in [0.29, 0.717) is 53.9 Å². The van der Waals surface area contributed by atoms with Crippen LogP contribution in [0, 0.1) is 11.7 Å². The number of aromatic nitrogens is 6. The van der Waals surface area contributed by atoms with Crippen LogP contribution in [0.5, 0.6) is 0 Å². The number of ether oxygens (including phenoxy) is 2. The largest absolute Gasteiger partial charge is 0.447 e. The highest BCUT2D eigenvalue weighted by atomic mass is 28.3. The Morgan fingerprint density at radius 3 is 2.76 bits per heavy atom. The van der Waals surface area contributed by atoms with Gasteiger partial charge in [0.25, 0.3) is 0 Å². The SMILES string of the molecule is CC(C)[C@H]1COC(=O)N1c1ccn2ncc(-c3ccc(-c4ncn(COCC[Si](C)(C)C)n4)cc3F)c2n1. The van der Waals surface area contributed by atoms with Crippen molar-refractivity contribution >= 4 is 25.6 Å². The van der Waals surface area contributed by atoms with E-state index in [9.17, 15) is 4.79 Å². The molecule has 0 radical (unpaired) electrons. The smallest absolute Gasteiger partial charge is 0.415 e. The zero-order chi connectivity index (χ0) is 27.0. The van der Waals surface area contributed by atoms with Crippen LogP contribution in [0.15, 0.2) is 43.0 Å².